The number of hydrogen-bond donors (Lipinski definition) is 2. The van der Waals surface area contributed by atoms with Crippen LogP contribution < -0.4 is 4.72 Å². The maximum absolute atomic E-state index is 12.6. The second kappa shape index (κ2) is 6.42. The molecule has 0 aliphatic rings. The van der Waals surface area contributed by atoms with E-state index in [1.807, 2.05) is 13.0 Å². The predicted octanol–water partition coefficient (Wildman–Crippen LogP) is 3.36. The molecule has 0 amide bonds. The number of benzene rings is 2. The number of sulfonamides is 1. The highest BCUT2D eigenvalue weighted by Crippen LogP contribution is 2.24. The first kappa shape index (κ1) is 17.0. The van der Waals surface area contributed by atoms with Gasteiger partial charge < -0.3 is 5.11 Å². The van der Waals surface area contributed by atoms with Crippen LogP contribution in [0.3, 0.4) is 0 Å². The van der Waals surface area contributed by atoms with Gasteiger partial charge in [-0.05, 0) is 55.2 Å². The molecule has 0 radical (unpaired) electrons. The van der Waals surface area contributed by atoms with E-state index >= 15 is 0 Å². The Morgan fingerprint density at radius 1 is 1.13 bits per heavy atom. The molecule has 2 aromatic rings. The molecule has 0 bridgehead atoms. The van der Waals surface area contributed by atoms with Gasteiger partial charge >= 0.3 is 5.97 Å². The third kappa shape index (κ3) is 3.71. The van der Waals surface area contributed by atoms with E-state index in [-0.39, 0.29) is 16.1 Å². The van der Waals surface area contributed by atoms with Crippen molar-refractivity contribution in [2.75, 3.05) is 4.72 Å². The lowest BCUT2D eigenvalue weighted by molar-refractivity contribution is 0.0698. The standard InChI is InChI=1S/C17H19NO4S/c1-4-13-7-8-15(14(10-13)17(19)20)18-23(21,22)16-9-11(2)5-6-12(16)3/h5-10,18H,4H2,1-3H3,(H,19,20). The van der Waals surface area contributed by atoms with E-state index in [2.05, 4.69) is 4.72 Å². The molecule has 23 heavy (non-hydrogen) atoms. The first-order chi connectivity index (χ1) is 10.7. The van der Waals surface area contributed by atoms with Crippen LogP contribution in [0.4, 0.5) is 5.69 Å². The summed E-state index contributed by atoms with van der Waals surface area (Å²) < 4.78 is 27.6. The van der Waals surface area contributed by atoms with Crippen LogP contribution in [0, 0.1) is 13.8 Å². The van der Waals surface area contributed by atoms with Gasteiger partial charge in [0.25, 0.3) is 10.0 Å². The zero-order valence-electron chi connectivity index (χ0n) is 13.3. The summed E-state index contributed by atoms with van der Waals surface area (Å²) in [6.07, 6.45) is 0.671. The van der Waals surface area contributed by atoms with Crippen molar-refractivity contribution in [1.82, 2.24) is 0 Å². The summed E-state index contributed by atoms with van der Waals surface area (Å²) in [7, 11) is -3.86. The fourth-order valence-corrected chi connectivity index (χ4v) is 3.68. The minimum Gasteiger partial charge on any atom is -0.478 e. The Kier molecular flexibility index (Phi) is 4.75. The lowest BCUT2D eigenvalue weighted by Gasteiger charge is -2.13. The largest absolute Gasteiger partial charge is 0.478 e. The van der Waals surface area contributed by atoms with Crippen molar-refractivity contribution in [2.45, 2.75) is 32.1 Å². The molecule has 2 aromatic carbocycles. The average Bonchev–Trinajstić information content (AvgIpc) is 2.49. The van der Waals surface area contributed by atoms with Crippen LogP contribution in [0.25, 0.3) is 0 Å². The van der Waals surface area contributed by atoms with Crippen LogP contribution in [0.5, 0.6) is 0 Å². The van der Waals surface area contributed by atoms with Gasteiger partial charge in [-0.25, -0.2) is 13.2 Å². The number of carboxylic acid groups (broad SMARTS) is 1. The van der Waals surface area contributed by atoms with Crippen LogP contribution in [-0.2, 0) is 16.4 Å². The third-order valence-corrected chi connectivity index (χ3v) is 5.11. The summed E-state index contributed by atoms with van der Waals surface area (Å²) in [5.74, 6) is -1.17. The number of aryl methyl sites for hydroxylation is 3. The summed E-state index contributed by atoms with van der Waals surface area (Å²) in [5, 5.41) is 9.32. The summed E-state index contributed by atoms with van der Waals surface area (Å²) in [5.41, 5.74) is 2.26. The Bertz CT molecular complexity index is 857. The van der Waals surface area contributed by atoms with Gasteiger partial charge in [-0.15, -0.1) is 0 Å². The van der Waals surface area contributed by atoms with E-state index in [1.165, 1.54) is 12.1 Å². The topological polar surface area (TPSA) is 83.5 Å². The molecule has 6 heteroatoms. The predicted molar refractivity (Wildman–Crippen MR) is 89.5 cm³/mol. The number of aromatic carboxylic acids is 1. The number of nitrogens with one attached hydrogen (secondary N) is 1. The monoisotopic (exact) mass is 333 g/mol. The average molecular weight is 333 g/mol. The van der Waals surface area contributed by atoms with Crippen molar-refractivity contribution >= 4 is 21.7 Å². The van der Waals surface area contributed by atoms with Gasteiger partial charge in [0.2, 0.25) is 0 Å². The molecule has 5 nitrogen and oxygen atoms in total. The van der Waals surface area contributed by atoms with Crippen molar-refractivity contribution in [2.24, 2.45) is 0 Å². The minimum absolute atomic E-state index is 0.0572. The molecule has 0 unspecified atom stereocenters. The molecular formula is C17H19NO4S. The van der Waals surface area contributed by atoms with E-state index in [0.29, 0.717) is 12.0 Å². The highest BCUT2D eigenvalue weighted by Gasteiger charge is 2.20. The summed E-state index contributed by atoms with van der Waals surface area (Å²) >= 11 is 0. The normalized spacial score (nSPS) is 11.3. The quantitative estimate of drug-likeness (QED) is 0.879. The lowest BCUT2D eigenvalue weighted by atomic mass is 10.1. The molecule has 2 rings (SSSR count). The maximum Gasteiger partial charge on any atom is 0.337 e. The SMILES string of the molecule is CCc1ccc(NS(=O)(=O)c2cc(C)ccc2C)c(C(=O)O)c1. The number of rotatable bonds is 5. The van der Waals surface area contributed by atoms with Gasteiger partial charge in [0.1, 0.15) is 0 Å². The van der Waals surface area contributed by atoms with Gasteiger partial charge in [-0.2, -0.15) is 0 Å². The highest BCUT2D eigenvalue weighted by atomic mass is 32.2. The van der Waals surface area contributed by atoms with Crippen molar-refractivity contribution in [3.8, 4) is 0 Å². The number of hydrogen-bond acceptors (Lipinski definition) is 3. The van der Waals surface area contributed by atoms with Crippen LogP contribution in [0.2, 0.25) is 0 Å². The molecule has 0 heterocycles. The molecule has 122 valence electrons. The maximum atomic E-state index is 12.6. The second-order valence-electron chi connectivity index (χ2n) is 5.41. The van der Waals surface area contributed by atoms with Crippen molar-refractivity contribution in [3.63, 3.8) is 0 Å². The van der Waals surface area contributed by atoms with E-state index in [0.717, 1.165) is 11.1 Å². The molecule has 0 aliphatic heterocycles. The van der Waals surface area contributed by atoms with Gasteiger partial charge in [-0.3, -0.25) is 4.72 Å². The summed E-state index contributed by atoms with van der Waals surface area (Å²) in [4.78, 5) is 11.5. The Morgan fingerprint density at radius 3 is 2.43 bits per heavy atom. The van der Waals surface area contributed by atoms with Gasteiger partial charge in [0.15, 0.2) is 0 Å². The Balaban J connectivity index is 2.49. The van der Waals surface area contributed by atoms with Gasteiger partial charge in [0.05, 0.1) is 16.1 Å². The van der Waals surface area contributed by atoms with Crippen molar-refractivity contribution in [3.05, 3.63) is 58.7 Å². The first-order valence-electron chi connectivity index (χ1n) is 7.21. The number of anilines is 1. The van der Waals surface area contributed by atoms with Crippen LogP contribution in [0.15, 0.2) is 41.3 Å². The number of carboxylic acids is 1. The highest BCUT2D eigenvalue weighted by molar-refractivity contribution is 7.92. The van der Waals surface area contributed by atoms with Gasteiger partial charge in [0, 0.05) is 0 Å². The lowest BCUT2D eigenvalue weighted by Crippen LogP contribution is -2.17. The minimum atomic E-state index is -3.86. The molecule has 2 N–H and O–H groups in total. The zero-order chi connectivity index (χ0) is 17.2. The molecule has 0 fully saturated rings. The van der Waals surface area contributed by atoms with Crippen molar-refractivity contribution < 1.29 is 18.3 Å². The Labute approximate surface area is 136 Å². The Morgan fingerprint density at radius 2 is 1.83 bits per heavy atom. The molecule has 0 aromatic heterocycles. The second-order valence-corrected chi connectivity index (χ2v) is 7.06. The van der Waals surface area contributed by atoms with E-state index < -0.39 is 16.0 Å². The first-order valence-corrected chi connectivity index (χ1v) is 8.69. The molecule has 0 aliphatic carbocycles. The van der Waals surface area contributed by atoms with Gasteiger partial charge in [-0.1, -0.05) is 25.1 Å². The molecule has 0 saturated heterocycles. The van der Waals surface area contributed by atoms with E-state index in [9.17, 15) is 18.3 Å². The fraction of sp³-hybridized carbons (Fsp3) is 0.235. The third-order valence-electron chi connectivity index (χ3n) is 3.60. The van der Waals surface area contributed by atoms with E-state index in [4.69, 9.17) is 0 Å². The summed E-state index contributed by atoms with van der Waals surface area (Å²) in [6, 6.07) is 9.81. The number of carbonyl (C=O) groups is 1. The van der Waals surface area contributed by atoms with Crippen LogP contribution >= 0.6 is 0 Å². The Hall–Kier alpha value is -2.34. The zero-order valence-corrected chi connectivity index (χ0v) is 14.1. The van der Waals surface area contributed by atoms with Crippen LogP contribution in [-0.4, -0.2) is 19.5 Å². The summed E-state index contributed by atoms with van der Waals surface area (Å²) in [6.45, 7) is 5.41. The van der Waals surface area contributed by atoms with Crippen LogP contribution in [0.1, 0.15) is 34.0 Å². The smallest absolute Gasteiger partial charge is 0.337 e. The van der Waals surface area contributed by atoms with Crippen molar-refractivity contribution in [1.29, 1.82) is 0 Å². The molecule has 0 saturated carbocycles. The van der Waals surface area contributed by atoms with E-state index in [1.54, 1.807) is 32.0 Å². The molecule has 0 spiro atoms. The molecular weight excluding hydrogens is 314 g/mol. The molecule has 0 atom stereocenters. The fourth-order valence-electron chi connectivity index (χ4n) is 2.27.